The smallest absolute Gasteiger partial charge is 0.135 e. The van der Waals surface area contributed by atoms with Crippen molar-refractivity contribution in [1.82, 2.24) is 9.88 Å². The third kappa shape index (κ3) is 3.82. The summed E-state index contributed by atoms with van der Waals surface area (Å²) in [6.07, 6.45) is 4.28. The SMILES string of the molecule is Cc1cc(Cl)c(CN2CCCC2CCCO)c(Cl)n1. The zero-order chi connectivity index (χ0) is 13.8. The molecular formula is C14H20Cl2N2O. The summed E-state index contributed by atoms with van der Waals surface area (Å²) >= 11 is 12.5. The minimum atomic E-state index is 0.262. The van der Waals surface area contributed by atoms with Crippen LogP contribution in [0.15, 0.2) is 6.07 Å². The lowest BCUT2D eigenvalue weighted by molar-refractivity contribution is 0.210. The lowest BCUT2D eigenvalue weighted by Crippen LogP contribution is -2.29. The Labute approximate surface area is 124 Å². The second-order valence-corrected chi connectivity index (χ2v) is 5.91. The Bertz CT molecular complexity index is 416. The van der Waals surface area contributed by atoms with E-state index >= 15 is 0 Å². The van der Waals surface area contributed by atoms with Crippen LogP contribution in [-0.4, -0.2) is 34.2 Å². The van der Waals surface area contributed by atoms with Gasteiger partial charge in [-0.05, 0) is 45.2 Å². The molecule has 1 fully saturated rings. The first-order valence-corrected chi connectivity index (χ1v) is 7.54. The molecule has 1 aromatic rings. The molecule has 1 aliphatic heterocycles. The lowest BCUT2D eigenvalue weighted by atomic mass is 10.1. The number of aryl methyl sites for hydroxylation is 1. The summed E-state index contributed by atoms with van der Waals surface area (Å²) in [5.74, 6) is 0. The van der Waals surface area contributed by atoms with Crippen LogP contribution in [0, 0.1) is 6.92 Å². The standard InChI is InChI=1S/C14H20Cl2N2O/c1-10-8-13(15)12(14(16)17-10)9-18-6-2-4-11(18)5-3-7-19/h8,11,19H,2-7,9H2,1H3. The Kier molecular flexibility index (Phi) is 5.46. The second-order valence-electron chi connectivity index (χ2n) is 5.15. The molecule has 0 saturated carbocycles. The van der Waals surface area contributed by atoms with Crippen molar-refractivity contribution in [3.8, 4) is 0 Å². The molecule has 0 aromatic carbocycles. The minimum absolute atomic E-state index is 0.262. The van der Waals surface area contributed by atoms with E-state index in [1.165, 1.54) is 12.8 Å². The van der Waals surface area contributed by atoms with Crippen molar-refractivity contribution in [2.45, 2.75) is 45.2 Å². The average molecular weight is 303 g/mol. The maximum absolute atomic E-state index is 8.95. The van der Waals surface area contributed by atoms with Crippen LogP contribution >= 0.6 is 23.2 Å². The zero-order valence-corrected chi connectivity index (χ0v) is 12.7. The molecule has 0 radical (unpaired) electrons. The van der Waals surface area contributed by atoms with Crippen molar-refractivity contribution in [2.24, 2.45) is 0 Å². The molecule has 0 aliphatic carbocycles. The molecule has 1 saturated heterocycles. The van der Waals surface area contributed by atoms with Crippen LogP contribution in [0.4, 0.5) is 0 Å². The van der Waals surface area contributed by atoms with Gasteiger partial charge in [0.25, 0.3) is 0 Å². The third-order valence-corrected chi connectivity index (χ3v) is 4.35. The average Bonchev–Trinajstić information content (AvgIpc) is 2.78. The number of aliphatic hydroxyl groups excluding tert-OH is 1. The van der Waals surface area contributed by atoms with E-state index < -0.39 is 0 Å². The minimum Gasteiger partial charge on any atom is -0.396 e. The first-order valence-electron chi connectivity index (χ1n) is 6.78. The quantitative estimate of drug-likeness (QED) is 0.847. The number of likely N-dealkylation sites (tertiary alicyclic amines) is 1. The molecule has 0 amide bonds. The molecule has 1 unspecified atom stereocenters. The highest BCUT2D eigenvalue weighted by Crippen LogP contribution is 2.29. The maximum atomic E-state index is 8.95. The second kappa shape index (κ2) is 6.89. The molecule has 0 bridgehead atoms. The van der Waals surface area contributed by atoms with Crippen LogP contribution in [0.1, 0.15) is 36.9 Å². The molecule has 106 valence electrons. The Balaban J connectivity index is 2.08. The fourth-order valence-electron chi connectivity index (χ4n) is 2.72. The van der Waals surface area contributed by atoms with Gasteiger partial charge in [0.15, 0.2) is 0 Å². The molecule has 19 heavy (non-hydrogen) atoms. The summed E-state index contributed by atoms with van der Waals surface area (Å²) in [6, 6.07) is 2.39. The van der Waals surface area contributed by atoms with E-state index in [1.807, 2.05) is 13.0 Å². The molecule has 2 rings (SSSR count). The van der Waals surface area contributed by atoms with Gasteiger partial charge in [-0.2, -0.15) is 0 Å². The first kappa shape index (κ1) is 15.0. The van der Waals surface area contributed by atoms with Crippen molar-refractivity contribution in [3.63, 3.8) is 0 Å². The largest absolute Gasteiger partial charge is 0.396 e. The van der Waals surface area contributed by atoms with E-state index in [0.717, 1.165) is 37.2 Å². The summed E-state index contributed by atoms with van der Waals surface area (Å²) in [5.41, 5.74) is 1.77. The number of hydrogen-bond acceptors (Lipinski definition) is 3. The van der Waals surface area contributed by atoms with Crippen molar-refractivity contribution >= 4 is 23.2 Å². The third-order valence-electron chi connectivity index (χ3n) is 3.70. The number of halogens is 2. The topological polar surface area (TPSA) is 36.4 Å². The van der Waals surface area contributed by atoms with E-state index in [0.29, 0.717) is 16.2 Å². The Morgan fingerprint density at radius 2 is 2.26 bits per heavy atom. The lowest BCUT2D eigenvalue weighted by Gasteiger charge is -2.25. The predicted octanol–water partition coefficient (Wildman–Crippen LogP) is 3.43. The summed E-state index contributed by atoms with van der Waals surface area (Å²) in [5, 5.41) is 10.2. The number of aliphatic hydroxyl groups is 1. The van der Waals surface area contributed by atoms with Gasteiger partial charge < -0.3 is 5.11 Å². The summed E-state index contributed by atoms with van der Waals surface area (Å²) in [7, 11) is 0. The van der Waals surface area contributed by atoms with E-state index in [9.17, 15) is 0 Å². The van der Waals surface area contributed by atoms with Gasteiger partial charge in [-0.1, -0.05) is 23.2 Å². The Morgan fingerprint density at radius 1 is 1.47 bits per heavy atom. The summed E-state index contributed by atoms with van der Waals surface area (Å²) < 4.78 is 0. The number of rotatable bonds is 5. The normalized spacial score (nSPS) is 20.1. The van der Waals surface area contributed by atoms with Gasteiger partial charge in [-0.3, -0.25) is 4.90 Å². The van der Waals surface area contributed by atoms with Gasteiger partial charge in [0, 0.05) is 35.5 Å². The van der Waals surface area contributed by atoms with Crippen LogP contribution in [0.2, 0.25) is 10.2 Å². The molecule has 1 N–H and O–H groups in total. The van der Waals surface area contributed by atoms with Crippen molar-refractivity contribution in [3.05, 3.63) is 27.5 Å². The van der Waals surface area contributed by atoms with E-state index in [-0.39, 0.29) is 6.61 Å². The number of aromatic nitrogens is 1. The van der Waals surface area contributed by atoms with Crippen molar-refractivity contribution in [1.29, 1.82) is 0 Å². The number of nitrogens with zero attached hydrogens (tertiary/aromatic N) is 2. The van der Waals surface area contributed by atoms with Crippen LogP contribution in [0.25, 0.3) is 0 Å². The highest BCUT2D eigenvalue weighted by Gasteiger charge is 2.25. The van der Waals surface area contributed by atoms with Crippen molar-refractivity contribution < 1.29 is 5.11 Å². The molecule has 1 aromatic heterocycles. The maximum Gasteiger partial charge on any atom is 0.135 e. The molecular weight excluding hydrogens is 283 g/mol. The molecule has 3 nitrogen and oxygen atoms in total. The summed E-state index contributed by atoms with van der Waals surface area (Å²) in [6.45, 7) is 3.97. The molecule has 1 atom stereocenters. The Hall–Kier alpha value is -0.350. The van der Waals surface area contributed by atoms with E-state index in [4.69, 9.17) is 28.3 Å². The summed E-state index contributed by atoms with van der Waals surface area (Å²) in [4.78, 5) is 6.68. The monoisotopic (exact) mass is 302 g/mol. The molecule has 5 heteroatoms. The van der Waals surface area contributed by atoms with Gasteiger partial charge in [-0.25, -0.2) is 4.98 Å². The van der Waals surface area contributed by atoms with Gasteiger partial charge in [0.05, 0.1) is 0 Å². The van der Waals surface area contributed by atoms with Crippen LogP contribution in [-0.2, 0) is 6.54 Å². The van der Waals surface area contributed by atoms with Gasteiger partial charge in [0.1, 0.15) is 5.15 Å². The van der Waals surface area contributed by atoms with E-state index in [1.54, 1.807) is 0 Å². The number of pyridine rings is 1. The first-order chi connectivity index (χ1) is 9.11. The van der Waals surface area contributed by atoms with Gasteiger partial charge in [-0.15, -0.1) is 0 Å². The van der Waals surface area contributed by atoms with Crippen molar-refractivity contribution in [2.75, 3.05) is 13.2 Å². The molecule has 0 spiro atoms. The fourth-order valence-corrected chi connectivity index (χ4v) is 3.38. The molecule has 1 aliphatic rings. The van der Waals surface area contributed by atoms with Crippen LogP contribution < -0.4 is 0 Å². The van der Waals surface area contributed by atoms with Gasteiger partial charge in [0.2, 0.25) is 0 Å². The fraction of sp³-hybridized carbons (Fsp3) is 0.643. The Morgan fingerprint density at radius 3 is 2.95 bits per heavy atom. The molecule has 2 heterocycles. The van der Waals surface area contributed by atoms with Crippen LogP contribution in [0.5, 0.6) is 0 Å². The van der Waals surface area contributed by atoms with Crippen LogP contribution in [0.3, 0.4) is 0 Å². The van der Waals surface area contributed by atoms with Gasteiger partial charge >= 0.3 is 0 Å². The zero-order valence-electron chi connectivity index (χ0n) is 11.2. The highest BCUT2D eigenvalue weighted by molar-refractivity contribution is 6.35. The van der Waals surface area contributed by atoms with E-state index in [2.05, 4.69) is 9.88 Å². The highest BCUT2D eigenvalue weighted by atomic mass is 35.5. The number of hydrogen-bond donors (Lipinski definition) is 1. The predicted molar refractivity (Wildman–Crippen MR) is 78.7 cm³/mol.